The van der Waals surface area contributed by atoms with E-state index in [9.17, 15) is 28.4 Å². The maximum Gasteiger partial charge on any atom is 0.329 e. The standard InChI is InChI=1S/C23H21FN2O7/c1-3-32-20(28)12-25(16-10-8-15(24)9-11-16)19(27)13-33-23(31)14(2)26-21(29)17-6-4-5-7-18(17)22(26)30/h4-11,14H,3,12-13H2,1-2H3/t14-/m1/s1. The number of fused-ring (bicyclic) bond motifs is 1. The molecule has 0 bridgehead atoms. The second kappa shape index (κ2) is 10.0. The molecule has 33 heavy (non-hydrogen) atoms. The zero-order valence-corrected chi connectivity index (χ0v) is 17.9. The predicted octanol–water partition coefficient (Wildman–Crippen LogP) is 1.95. The molecule has 3 rings (SSSR count). The van der Waals surface area contributed by atoms with Gasteiger partial charge in [0, 0.05) is 5.69 Å². The minimum absolute atomic E-state index is 0.0943. The lowest BCUT2D eigenvalue weighted by atomic mass is 10.1. The highest BCUT2D eigenvalue weighted by Gasteiger charge is 2.41. The van der Waals surface area contributed by atoms with Gasteiger partial charge in [-0.2, -0.15) is 0 Å². The van der Waals surface area contributed by atoms with Crippen molar-refractivity contribution < 1.29 is 37.8 Å². The SMILES string of the molecule is CCOC(=O)CN(C(=O)COC(=O)[C@@H](C)N1C(=O)c2ccccc2C1=O)c1ccc(F)cc1. The number of carbonyl (C=O) groups is 5. The van der Waals surface area contributed by atoms with E-state index in [0.29, 0.717) is 0 Å². The molecule has 1 aliphatic rings. The molecule has 1 heterocycles. The van der Waals surface area contributed by atoms with Crippen LogP contribution in [0, 0.1) is 5.82 Å². The van der Waals surface area contributed by atoms with Crippen molar-refractivity contribution in [3.05, 3.63) is 65.5 Å². The summed E-state index contributed by atoms with van der Waals surface area (Å²) in [5.74, 6) is -4.28. The maximum absolute atomic E-state index is 13.3. The zero-order valence-electron chi connectivity index (χ0n) is 17.9. The quantitative estimate of drug-likeness (QED) is 0.441. The number of hydrogen-bond donors (Lipinski definition) is 0. The summed E-state index contributed by atoms with van der Waals surface area (Å²) in [6.07, 6.45) is 0. The summed E-state index contributed by atoms with van der Waals surface area (Å²) in [4.78, 5) is 64.0. The molecule has 2 aromatic rings. The number of benzene rings is 2. The third-order valence-corrected chi connectivity index (χ3v) is 4.92. The second-order valence-corrected chi connectivity index (χ2v) is 7.07. The molecule has 1 aliphatic heterocycles. The first-order valence-electron chi connectivity index (χ1n) is 10.1. The van der Waals surface area contributed by atoms with Gasteiger partial charge in [0.05, 0.1) is 17.7 Å². The second-order valence-electron chi connectivity index (χ2n) is 7.07. The number of carbonyl (C=O) groups excluding carboxylic acids is 5. The van der Waals surface area contributed by atoms with Crippen molar-refractivity contribution in [3.63, 3.8) is 0 Å². The molecule has 0 fully saturated rings. The zero-order chi connectivity index (χ0) is 24.1. The van der Waals surface area contributed by atoms with Gasteiger partial charge in [-0.15, -0.1) is 0 Å². The van der Waals surface area contributed by atoms with Gasteiger partial charge in [0.1, 0.15) is 18.4 Å². The van der Waals surface area contributed by atoms with E-state index in [1.165, 1.54) is 31.2 Å². The van der Waals surface area contributed by atoms with Crippen molar-refractivity contribution in [2.45, 2.75) is 19.9 Å². The Morgan fingerprint density at radius 2 is 1.55 bits per heavy atom. The van der Waals surface area contributed by atoms with E-state index in [0.717, 1.165) is 21.9 Å². The topological polar surface area (TPSA) is 110 Å². The Balaban J connectivity index is 1.68. The van der Waals surface area contributed by atoms with Crippen LogP contribution >= 0.6 is 0 Å². The van der Waals surface area contributed by atoms with E-state index in [4.69, 9.17) is 9.47 Å². The Kier molecular flexibility index (Phi) is 7.17. The number of nitrogens with zero attached hydrogens (tertiary/aromatic N) is 2. The summed E-state index contributed by atoms with van der Waals surface area (Å²) in [5, 5.41) is 0. The molecule has 172 valence electrons. The van der Waals surface area contributed by atoms with Crippen LogP contribution in [0.3, 0.4) is 0 Å². The minimum Gasteiger partial charge on any atom is -0.465 e. The number of imide groups is 1. The summed E-state index contributed by atoms with van der Waals surface area (Å²) in [6, 6.07) is 9.67. The van der Waals surface area contributed by atoms with Crippen LogP contribution in [0.5, 0.6) is 0 Å². The average molecular weight is 456 g/mol. The van der Waals surface area contributed by atoms with E-state index in [2.05, 4.69) is 0 Å². The van der Waals surface area contributed by atoms with E-state index in [1.807, 2.05) is 0 Å². The third kappa shape index (κ3) is 5.05. The maximum atomic E-state index is 13.3. The predicted molar refractivity (Wildman–Crippen MR) is 113 cm³/mol. The fourth-order valence-corrected chi connectivity index (χ4v) is 3.28. The summed E-state index contributed by atoms with van der Waals surface area (Å²) in [7, 11) is 0. The molecule has 2 aromatic carbocycles. The number of ether oxygens (including phenoxy) is 2. The highest BCUT2D eigenvalue weighted by molar-refractivity contribution is 6.22. The van der Waals surface area contributed by atoms with Gasteiger partial charge in [0.15, 0.2) is 6.61 Å². The highest BCUT2D eigenvalue weighted by atomic mass is 19.1. The van der Waals surface area contributed by atoms with Gasteiger partial charge in [-0.05, 0) is 50.2 Å². The fourth-order valence-electron chi connectivity index (χ4n) is 3.28. The largest absolute Gasteiger partial charge is 0.465 e. The first kappa shape index (κ1) is 23.6. The van der Waals surface area contributed by atoms with Crippen LogP contribution in [0.2, 0.25) is 0 Å². The smallest absolute Gasteiger partial charge is 0.329 e. The summed E-state index contributed by atoms with van der Waals surface area (Å²) >= 11 is 0. The van der Waals surface area contributed by atoms with E-state index < -0.39 is 54.7 Å². The Morgan fingerprint density at radius 3 is 2.09 bits per heavy atom. The molecule has 0 aromatic heterocycles. The van der Waals surface area contributed by atoms with Gasteiger partial charge < -0.3 is 9.47 Å². The first-order chi connectivity index (χ1) is 15.7. The van der Waals surface area contributed by atoms with Crippen LogP contribution in [0.1, 0.15) is 34.6 Å². The number of rotatable bonds is 8. The number of halogens is 1. The molecule has 3 amide bonds. The van der Waals surface area contributed by atoms with Crippen LogP contribution in [0.4, 0.5) is 10.1 Å². The molecule has 0 saturated heterocycles. The molecule has 0 unspecified atom stereocenters. The summed E-state index contributed by atoms with van der Waals surface area (Å²) < 4.78 is 23.2. The Hall–Kier alpha value is -4.08. The van der Waals surface area contributed by atoms with E-state index >= 15 is 0 Å². The van der Waals surface area contributed by atoms with Gasteiger partial charge in [-0.1, -0.05) is 12.1 Å². The highest BCUT2D eigenvalue weighted by Crippen LogP contribution is 2.25. The van der Waals surface area contributed by atoms with Crippen molar-refractivity contribution >= 4 is 35.3 Å². The molecule has 0 spiro atoms. The lowest BCUT2D eigenvalue weighted by Crippen LogP contribution is -2.45. The van der Waals surface area contributed by atoms with Crippen molar-refractivity contribution in [3.8, 4) is 0 Å². The van der Waals surface area contributed by atoms with Crippen LogP contribution < -0.4 is 4.90 Å². The summed E-state index contributed by atoms with van der Waals surface area (Å²) in [5.41, 5.74) is 0.546. The number of anilines is 1. The van der Waals surface area contributed by atoms with Crippen LogP contribution in [-0.4, -0.2) is 60.4 Å². The minimum atomic E-state index is -1.28. The number of esters is 2. The normalized spacial score (nSPS) is 13.4. The van der Waals surface area contributed by atoms with Crippen LogP contribution in [0.15, 0.2) is 48.5 Å². The Labute approximate surface area is 188 Å². The molecular formula is C23H21FN2O7. The average Bonchev–Trinajstić information content (AvgIpc) is 3.06. The first-order valence-corrected chi connectivity index (χ1v) is 10.1. The van der Waals surface area contributed by atoms with Crippen molar-refractivity contribution in [2.75, 3.05) is 24.7 Å². The molecule has 0 radical (unpaired) electrons. The number of hydrogen-bond acceptors (Lipinski definition) is 7. The molecule has 1 atom stereocenters. The van der Waals surface area contributed by atoms with E-state index in [-0.39, 0.29) is 23.4 Å². The fraction of sp³-hybridized carbons (Fsp3) is 0.261. The van der Waals surface area contributed by atoms with E-state index in [1.54, 1.807) is 19.1 Å². The van der Waals surface area contributed by atoms with Crippen molar-refractivity contribution in [1.29, 1.82) is 0 Å². The molecular weight excluding hydrogens is 435 g/mol. The van der Waals surface area contributed by atoms with Crippen LogP contribution in [-0.2, 0) is 23.9 Å². The van der Waals surface area contributed by atoms with Gasteiger partial charge in [-0.25, -0.2) is 9.18 Å². The van der Waals surface area contributed by atoms with Gasteiger partial charge in [0.2, 0.25) is 0 Å². The van der Waals surface area contributed by atoms with Crippen molar-refractivity contribution in [1.82, 2.24) is 4.90 Å². The number of amides is 3. The van der Waals surface area contributed by atoms with Gasteiger partial charge >= 0.3 is 11.9 Å². The lowest BCUT2D eigenvalue weighted by Gasteiger charge is -2.23. The lowest BCUT2D eigenvalue weighted by molar-refractivity contribution is -0.151. The van der Waals surface area contributed by atoms with Gasteiger partial charge in [-0.3, -0.25) is 29.0 Å². The molecule has 0 aliphatic carbocycles. The molecule has 0 N–H and O–H groups in total. The Morgan fingerprint density at radius 1 is 0.970 bits per heavy atom. The summed E-state index contributed by atoms with van der Waals surface area (Å²) in [6.45, 7) is 1.75. The van der Waals surface area contributed by atoms with Crippen LogP contribution in [0.25, 0.3) is 0 Å². The van der Waals surface area contributed by atoms with Gasteiger partial charge in [0.25, 0.3) is 17.7 Å². The van der Waals surface area contributed by atoms with Crippen molar-refractivity contribution in [2.24, 2.45) is 0 Å². The molecule has 10 heteroatoms. The third-order valence-electron chi connectivity index (χ3n) is 4.92. The molecule has 9 nitrogen and oxygen atoms in total. The Bertz CT molecular complexity index is 1070. The molecule has 0 saturated carbocycles. The monoisotopic (exact) mass is 456 g/mol.